The van der Waals surface area contributed by atoms with E-state index < -0.39 is 0 Å². The number of carbonyl (C=O) groups excluding carboxylic acids is 1. The Balaban J connectivity index is 2.14. The van der Waals surface area contributed by atoms with E-state index in [1.54, 1.807) is 16.7 Å². The molecule has 0 N–H and O–H groups in total. The zero-order valence-electron chi connectivity index (χ0n) is 5.60. The molecule has 0 aromatic heterocycles. The summed E-state index contributed by atoms with van der Waals surface area (Å²) in [7, 11) is 0. The molecule has 2 aliphatic heterocycles. The maximum Gasteiger partial charge on any atom is 0.252 e. The maximum absolute atomic E-state index is 11.1. The summed E-state index contributed by atoms with van der Waals surface area (Å²) < 4.78 is 13.6. The summed E-state index contributed by atoms with van der Waals surface area (Å²) in [5.74, 6) is 0.995. The molecule has 2 aliphatic rings. The molecule has 11 heavy (non-hydrogen) atoms. The van der Waals surface area contributed by atoms with Gasteiger partial charge in [0.1, 0.15) is 5.37 Å². The Hall–Kier alpha value is -0.360. The van der Waals surface area contributed by atoms with Crippen molar-refractivity contribution in [3.05, 3.63) is 0 Å². The van der Waals surface area contributed by atoms with Gasteiger partial charge in [0.2, 0.25) is 0 Å². The number of hydrogen-bond acceptors (Lipinski definition) is 4. The highest BCUT2D eigenvalue weighted by Crippen LogP contribution is 2.36. The van der Waals surface area contributed by atoms with Gasteiger partial charge in [-0.2, -0.15) is 8.57 Å². The zero-order valence-corrected chi connectivity index (χ0v) is 7.23. The van der Waals surface area contributed by atoms with E-state index >= 15 is 0 Å². The summed E-state index contributed by atoms with van der Waals surface area (Å²) >= 11 is 1.86. The molecule has 2 rings (SSSR count). The molecule has 2 fully saturated rings. The van der Waals surface area contributed by atoms with E-state index in [1.807, 2.05) is 0 Å². The Bertz CT molecular complexity index is 251. The lowest BCUT2D eigenvalue weighted by Gasteiger charge is -2.37. The fourth-order valence-corrected chi connectivity index (χ4v) is 3.01. The van der Waals surface area contributed by atoms with E-state index in [0.717, 1.165) is 12.3 Å². The summed E-state index contributed by atoms with van der Waals surface area (Å²) in [6.45, 7) is 0.823. The molecule has 1 unspecified atom stereocenters. The average Bonchev–Trinajstić information content (AvgIpc) is 2.44. The van der Waals surface area contributed by atoms with Gasteiger partial charge in [0.15, 0.2) is 17.5 Å². The third kappa shape index (κ3) is 0.927. The summed E-state index contributed by atoms with van der Waals surface area (Å²) in [5, 5.41) is 0.170. The third-order valence-corrected chi connectivity index (χ3v) is 3.48. The van der Waals surface area contributed by atoms with Gasteiger partial charge in [-0.15, -0.1) is 11.8 Å². The number of rotatable bonds is 1. The highest BCUT2D eigenvalue weighted by atomic mass is 32.2. The summed E-state index contributed by atoms with van der Waals surface area (Å²) in [6, 6.07) is -0.356. The predicted molar refractivity (Wildman–Crippen MR) is 42.3 cm³/mol. The standard InChI is InChI=1S/C5H6N2O2S2/c8-4-3(6-11-9)5-7(4)1-2-10-5/h3,5H,1-2H2/t3?,5-/m1/s1. The van der Waals surface area contributed by atoms with Crippen LogP contribution < -0.4 is 0 Å². The van der Waals surface area contributed by atoms with E-state index in [9.17, 15) is 9.00 Å². The average molecular weight is 190 g/mol. The van der Waals surface area contributed by atoms with Crippen molar-refractivity contribution in [3.8, 4) is 0 Å². The lowest BCUT2D eigenvalue weighted by atomic mass is 10.1. The monoisotopic (exact) mass is 190 g/mol. The molecule has 2 atom stereocenters. The fraction of sp³-hybridized carbons (Fsp3) is 0.800. The van der Waals surface area contributed by atoms with Gasteiger partial charge in [0.25, 0.3) is 5.91 Å². The van der Waals surface area contributed by atoms with Crippen LogP contribution >= 0.6 is 11.8 Å². The van der Waals surface area contributed by atoms with E-state index in [0.29, 0.717) is 0 Å². The number of thioether (sulfide) groups is 1. The topological polar surface area (TPSA) is 49.7 Å². The molecule has 6 heteroatoms. The predicted octanol–water partition coefficient (Wildman–Crippen LogP) is -0.333. The summed E-state index contributed by atoms with van der Waals surface area (Å²) in [5.41, 5.74) is 0. The Morgan fingerprint density at radius 1 is 1.73 bits per heavy atom. The van der Waals surface area contributed by atoms with E-state index in [-0.39, 0.29) is 28.8 Å². The highest BCUT2D eigenvalue weighted by molar-refractivity contribution is 8.00. The second-order valence-corrected chi connectivity index (χ2v) is 4.00. The van der Waals surface area contributed by atoms with E-state index in [2.05, 4.69) is 4.36 Å². The molecule has 0 aromatic carbocycles. The molecule has 2 saturated heterocycles. The van der Waals surface area contributed by atoms with Gasteiger partial charge in [-0.3, -0.25) is 4.79 Å². The largest absolute Gasteiger partial charge is 0.325 e. The minimum Gasteiger partial charge on any atom is -0.325 e. The Labute approximate surface area is 71.6 Å². The van der Waals surface area contributed by atoms with Crippen molar-refractivity contribution in [2.24, 2.45) is 4.36 Å². The molecular weight excluding hydrogens is 184 g/mol. The minimum atomic E-state index is -0.356. The Kier molecular flexibility index (Phi) is 1.72. The zero-order chi connectivity index (χ0) is 7.84. The first-order valence-electron chi connectivity index (χ1n) is 3.26. The number of carbonyl (C=O) groups is 1. The quantitative estimate of drug-likeness (QED) is 0.532. The Morgan fingerprint density at radius 3 is 3.27 bits per heavy atom. The van der Waals surface area contributed by atoms with E-state index in [4.69, 9.17) is 0 Å². The van der Waals surface area contributed by atoms with Crippen LogP contribution in [0.25, 0.3) is 0 Å². The highest BCUT2D eigenvalue weighted by Gasteiger charge is 2.50. The van der Waals surface area contributed by atoms with Crippen LogP contribution in [-0.2, 0) is 16.3 Å². The molecule has 60 valence electrons. The van der Waals surface area contributed by atoms with Crippen LogP contribution in [-0.4, -0.2) is 38.7 Å². The molecule has 0 spiro atoms. The molecule has 2 heterocycles. The number of amides is 1. The molecule has 0 radical (unpaired) electrons. The second-order valence-electron chi connectivity index (χ2n) is 2.42. The van der Waals surface area contributed by atoms with Crippen LogP contribution in [0.5, 0.6) is 0 Å². The molecular formula is C5H6N2O2S2. The molecule has 0 saturated carbocycles. The lowest BCUT2D eigenvalue weighted by Crippen LogP contribution is -2.59. The normalized spacial score (nSPS) is 34.5. The number of β-lactam (4-membered cyclic amide) rings is 1. The number of fused-ring (bicyclic) bond motifs is 1. The SMILES string of the molecule is O=S=NC1C(=O)N2CCS[C@H]12. The van der Waals surface area contributed by atoms with Gasteiger partial charge in [0.05, 0.1) is 0 Å². The number of hydrogen-bond donors (Lipinski definition) is 0. The van der Waals surface area contributed by atoms with Crippen molar-refractivity contribution in [3.63, 3.8) is 0 Å². The van der Waals surface area contributed by atoms with Crippen LogP contribution in [0.4, 0.5) is 0 Å². The Morgan fingerprint density at radius 2 is 2.55 bits per heavy atom. The minimum absolute atomic E-state index is 0.0170. The smallest absolute Gasteiger partial charge is 0.252 e. The molecule has 4 nitrogen and oxygen atoms in total. The summed E-state index contributed by atoms with van der Waals surface area (Å²) in [6.07, 6.45) is 0. The van der Waals surface area contributed by atoms with Crippen LogP contribution in [0.1, 0.15) is 0 Å². The maximum atomic E-state index is 11.1. The fourth-order valence-electron chi connectivity index (χ4n) is 1.34. The van der Waals surface area contributed by atoms with Gasteiger partial charge < -0.3 is 4.90 Å². The first-order chi connectivity index (χ1) is 5.34. The second kappa shape index (κ2) is 2.60. The van der Waals surface area contributed by atoms with Crippen molar-refractivity contribution < 1.29 is 9.00 Å². The van der Waals surface area contributed by atoms with Crippen molar-refractivity contribution >= 4 is 29.1 Å². The van der Waals surface area contributed by atoms with Gasteiger partial charge in [0, 0.05) is 12.3 Å². The van der Waals surface area contributed by atoms with Crippen LogP contribution in [0.15, 0.2) is 4.36 Å². The van der Waals surface area contributed by atoms with Gasteiger partial charge in [-0.05, 0) is 0 Å². The molecule has 0 bridgehead atoms. The first kappa shape index (κ1) is 7.30. The van der Waals surface area contributed by atoms with Gasteiger partial charge in [-0.25, -0.2) is 0 Å². The third-order valence-electron chi connectivity index (χ3n) is 1.89. The summed E-state index contributed by atoms with van der Waals surface area (Å²) in [4.78, 5) is 12.9. The van der Waals surface area contributed by atoms with Crippen molar-refractivity contribution in [1.82, 2.24) is 4.90 Å². The molecule has 0 aromatic rings. The van der Waals surface area contributed by atoms with Crippen molar-refractivity contribution in [2.75, 3.05) is 12.3 Å². The van der Waals surface area contributed by atoms with Crippen molar-refractivity contribution in [2.45, 2.75) is 11.4 Å². The molecule has 1 amide bonds. The number of nitrogens with zero attached hydrogens (tertiary/aromatic N) is 2. The van der Waals surface area contributed by atoms with Crippen LogP contribution in [0, 0.1) is 0 Å². The van der Waals surface area contributed by atoms with Crippen LogP contribution in [0.2, 0.25) is 0 Å². The first-order valence-corrected chi connectivity index (χ1v) is 5.00. The van der Waals surface area contributed by atoms with Gasteiger partial charge in [-0.1, -0.05) is 0 Å². The van der Waals surface area contributed by atoms with E-state index in [1.165, 1.54) is 0 Å². The van der Waals surface area contributed by atoms with Gasteiger partial charge >= 0.3 is 0 Å². The van der Waals surface area contributed by atoms with Crippen molar-refractivity contribution in [1.29, 1.82) is 0 Å². The molecule has 0 aliphatic carbocycles. The van der Waals surface area contributed by atoms with Crippen LogP contribution in [0.3, 0.4) is 0 Å². The lowest BCUT2D eigenvalue weighted by molar-refractivity contribution is -0.142.